The minimum absolute atomic E-state index is 0.226. The Labute approximate surface area is 131 Å². The summed E-state index contributed by atoms with van der Waals surface area (Å²) in [6, 6.07) is 9.75. The predicted octanol–water partition coefficient (Wildman–Crippen LogP) is 3.50. The molecule has 5 nitrogen and oxygen atoms in total. The van der Waals surface area contributed by atoms with E-state index in [2.05, 4.69) is 41.4 Å². The third kappa shape index (κ3) is 4.04. The van der Waals surface area contributed by atoms with Crippen LogP contribution in [0.2, 0.25) is 0 Å². The zero-order chi connectivity index (χ0) is 15.9. The molecule has 0 bridgehead atoms. The summed E-state index contributed by atoms with van der Waals surface area (Å²) in [6.45, 7) is 6.22. The molecule has 0 saturated heterocycles. The normalized spacial score (nSPS) is 11.8. The third-order valence-electron chi connectivity index (χ3n) is 3.55. The number of nitrogens with one attached hydrogen (secondary N) is 2. The van der Waals surface area contributed by atoms with E-state index >= 15 is 0 Å². The van der Waals surface area contributed by atoms with Crippen molar-refractivity contribution in [3.8, 4) is 0 Å². The molecule has 0 spiro atoms. The zero-order valence-electron chi connectivity index (χ0n) is 13.3. The van der Waals surface area contributed by atoms with Crippen LogP contribution in [-0.4, -0.2) is 21.9 Å². The summed E-state index contributed by atoms with van der Waals surface area (Å²) in [5.74, 6) is 0.439. The lowest BCUT2D eigenvalue weighted by atomic mass is 10.1. The lowest BCUT2D eigenvalue weighted by molar-refractivity contribution is 0.102. The first-order chi connectivity index (χ1) is 10.6. The number of nitrogens with zero attached hydrogens (tertiary/aromatic N) is 2. The molecular formula is C17H22N4O. The van der Waals surface area contributed by atoms with Crippen LogP contribution in [0.4, 0.5) is 11.5 Å². The summed E-state index contributed by atoms with van der Waals surface area (Å²) in [5, 5.41) is 6.16. The molecule has 0 saturated carbocycles. The molecule has 5 heteroatoms. The van der Waals surface area contributed by atoms with Crippen LogP contribution in [0, 0.1) is 0 Å². The number of aromatic nitrogens is 2. The number of rotatable bonds is 6. The highest BCUT2D eigenvalue weighted by Crippen LogP contribution is 2.16. The first-order valence-electron chi connectivity index (χ1n) is 7.61. The third-order valence-corrected chi connectivity index (χ3v) is 3.55. The fourth-order valence-corrected chi connectivity index (χ4v) is 2.05. The number of benzene rings is 1. The van der Waals surface area contributed by atoms with Gasteiger partial charge in [-0.1, -0.05) is 32.0 Å². The predicted molar refractivity (Wildman–Crippen MR) is 89.2 cm³/mol. The molecule has 1 aromatic carbocycles. The van der Waals surface area contributed by atoms with Gasteiger partial charge in [-0.05, 0) is 31.4 Å². The molecule has 2 rings (SSSR count). The molecule has 0 aliphatic heterocycles. The first kappa shape index (κ1) is 15.9. The maximum Gasteiger partial charge on any atom is 0.274 e. The van der Waals surface area contributed by atoms with Crippen molar-refractivity contribution in [2.45, 2.75) is 39.7 Å². The smallest absolute Gasteiger partial charge is 0.274 e. The van der Waals surface area contributed by atoms with Crippen molar-refractivity contribution < 1.29 is 4.79 Å². The molecule has 2 N–H and O–H groups in total. The molecule has 0 fully saturated rings. The second-order valence-corrected chi connectivity index (χ2v) is 5.21. The van der Waals surface area contributed by atoms with E-state index in [9.17, 15) is 4.79 Å². The Morgan fingerprint density at radius 3 is 2.73 bits per heavy atom. The Morgan fingerprint density at radius 1 is 1.23 bits per heavy atom. The van der Waals surface area contributed by atoms with Crippen LogP contribution in [0.1, 0.15) is 43.2 Å². The number of carbonyl (C=O) groups is 1. The molecular weight excluding hydrogens is 276 g/mol. The number of hydrogen-bond donors (Lipinski definition) is 2. The molecule has 116 valence electrons. The maximum absolute atomic E-state index is 12.4. The average Bonchev–Trinajstić information content (AvgIpc) is 2.55. The molecule has 0 aliphatic carbocycles. The van der Waals surface area contributed by atoms with Crippen LogP contribution < -0.4 is 10.6 Å². The molecule has 1 atom stereocenters. The topological polar surface area (TPSA) is 66.9 Å². The molecule has 0 aliphatic rings. The van der Waals surface area contributed by atoms with Gasteiger partial charge in [-0.3, -0.25) is 4.79 Å². The molecule has 0 radical (unpaired) electrons. The summed E-state index contributed by atoms with van der Waals surface area (Å²) in [5.41, 5.74) is 2.28. The second kappa shape index (κ2) is 7.54. The van der Waals surface area contributed by atoms with Gasteiger partial charge in [-0.2, -0.15) is 0 Å². The van der Waals surface area contributed by atoms with E-state index < -0.39 is 0 Å². The SMILES string of the molecule is CCc1ccccc1NC(=O)c1cc(NC(C)CC)ncn1. The summed E-state index contributed by atoms with van der Waals surface area (Å²) in [6.07, 6.45) is 3.25. The van der Waals surface area contributed by atoms with E-state index in [0.717, 1.165) is 24.1 Å². The lowest BCUT2D eigenvalue weighted by Gasteiger charge is -2.13. The zero-order valence-corrected chi connectivity index (χ0v) is 13.3. The fraction of sp³-hybridized carbons (Fsp3) is 0.353. The van der Waals surface area contributed by atoms with Crippen molar-refractivity contribution in [2.24, 2.45) is 0 Å². The van der Waals surface area contributed by atoms with E-state index in [4.69, 9.17) is 0 Å². The van der Waals surface area contributed by atoms with E-state index in [1.165, 1.54) is 6.33 Å². The van der Waals surface area contributed by atoms with Crippen LogP contribution in [0.5, 0.6) is 0 Å². The Bertz CT molecular complexity index is 642. The van der Waals surface area contributed by atoms with Crippen LogP contribution in [0.25, 0.3) is 0 Å². The standard InChI is InChI=1S/C17H22N4O/c1-4-12(3)20-16-10-15(18-11-19-16)17(22)21-14-9-7-6-8-13(14)5-2/h6-12H,4-5H2,1-3H3,(H,21,22)(H,18,19,20). The van der Waals surface area contributed by atoms with Gasteiger partial charge in [-0.25, -0.2) is 9.97 Å². The van der Waals surface area contributed by atoms with Crippen molar-refractivity contribution in [1.82, 2.24) is 9.97 Å². The van der Waals surface area contributed by atoms with Crippen molar-refractivity contribution in [2.75, 3.05) is 10.6 Å². The highest BCUT2D eigenvalue weighted by Gasteiger charge is 2.11. The highest BCUT2D eigenvalue weighted by molar-refractivity contribution is 6.03. The summed E-state index contributed by atoms with van der Waals surface area (Å²) < 4.78 is 0. The van der Waals surface area contributed by atoms with Crippen molar-refractivity contribution >= 4 is 17.4 Å². The summed E-state index contributed by atoms with van der Waals surface area (Å²) >= 11 is 0. The average molecular weight is 298 g/mol. The van der Waals surface area contributed by atoms with Gasteiger partial charge in [0.25, 0.3) is 5.91 Å². The number of carbonyl (C=O) groups excluding carboxylic acids is 1. The van der Waals surface area contributed by atoms with Crippen molar-refractivity contribution in [3.63, 3.8) is 0 Å². The number of amides is 1. The number of anilines is 2. The van der Waals surface area contributed by atoms with Crippen LogP contribution >= 0.6 is 0 Å². The first-order valence-corrected chi connectivity index (χ1v) is 7.61. The minimum Gasteiger partial charge on any atom is -0.368 e. The van der Waals surface area contributed by atoms with Crippen molar-refractivity contribution in [1.29, 1.82) is 0 Å². The molecule has 1 amide bonds. The quantitative estimate of drug-likeness (QED) is 0.856. The van der Waals surface area contributed by atoms with Gasteiger partial charge < -0.3 is 10.6 Å². The van der Waals surface area contributed by atoms with Crippen LogP contribution in [0.3, 0.4) is 0 Å². The Kier molecular flexibility index (Phi) is 5.47. The number of para-hydroxylation sites is 1. The van der Waals surface area contributed by atoms with Gasteiger partial charge in [0.2, 0.25) is 0 Å². The monoisotopic (exact) mass is 298 g/mol. The lowest BCUT2D eigenvalue weighted by Crippen LogP contribution is -2.18. The van der Waals surface area contributed by atoms with Gasteiger partial charge in [0.15, 0.2) is 0 Å². The fourth-order valence-electron chi connectivity index (χ4n) is 2.05. The molecule has 2 aromatic rings. The summed E-state index contributed by atoms with van der Waals surface area (Å²) in [4.78, 5) is 20.6. The largest absolute Gasteiger partial charge is 0.368 e. The Hall–Kier alpha value is -2.43. The Morgan fingerprint density at radius 2 is 2.00 bits per heavy atom. The van der Waals surface area contributed by atoms with E-state index in [1.54, 1.807) is 6.07 Å². The van der Waals surface area contributed by atoms with Gasteiger partial charge in [-0.15, -0.1) is 0 Å². The van der Waals surface area contributed by atoms with Gasteiger partial charge in [0.1, 0.15) is 17.8 Å². The van der Waals surface area contributed by atoms with Crippen LogP contribution in [0.15, 0.2) is 36.7 Å². The molecule has 1 aromatic heterocycles. The molecule has 1 unspecified atom stereocenters. The number of hydrogen-bond acceptors (Lipinski definition) is 4. The number of aryl methyl sites for hydroxylation is 1. The van der Waals surface area contributed by atoms with Crippen LogP contribution in [-0.2, 0) is 6.42 Å². The van der Waals surface area contributed by atoms with Gasteiger partial charge in [0.05, 0.1) is 0 Å². The highest BCUT2D eigenvalue weighted by atomic mass is 16.1. The maximum atomic E-state index is 12.4. The minimum atomic E-state index is -0.226. The van der Waals surface area contributed by atoms with E-state index in [-0.39, 0.29) is 5.91 Å². The van der Waals surface area contributed by atoms with Gasteiger partial charge >= 0.3 is 0 Å². The molecule has 1 heterocycles. The Balaban J connectivity index is 2.14. The van der Waals surface area contributed by atoms with E-state index in [1.807, 2.05) is 24.3 Å². The molecule has 22 heavy (non-hydrogen) atoms. The van der Waals surface area contributed by atoms with Crippen molar-refractivity contribution in [3.05, 3.63) is 47.9 Å². The second-order valence-electron chi connectivity index (χ2n) is 5.21. The summed E-state index contributed by atoms with van der Waals surface area (Å²) in [7, 11) is 0. The van der Waals surface area contributed by atoms with E-state index in [0.29, 0.717) is 17.6 Å². The van der Waals surface area contributed by atoms with Gasteiger partial charge in [0, 0.05) is 17.8 Å².